The highest BCUT2D eigenvalue weighted by Crippen LogP contribution is 2.35. The monoisotopic (exact) mass is 400 g/mol. The molecule has 0 saturated carbocycles. The number of nitrogens with one attached hydrogen (secondary N) is 1. The average molecular weight is 400 g/mol. The van der Waals surface area contributed by atoms with E-state index in [0.717, 1.165) is 29.1 Å². The zero-order valence-electron chi connectivity index (χ0n) is 16.4. The van der Waals surface area contributed by atoms with Crippen LogP contribution in [0.5, 0.6) is 5.75 Å². The van der Waals surface area contributed by atoms with E-state index in [0.29, 0.717) is 17.9 Å². The van der Waals surface area contributed by atoms with Crippen LogP contribution >= 0.6 is 0 Å². The summed E-state index contributed by atoms with van der Waals surface area (Å²) in [7, 11) is 1.64. The van der Waals surface area contributed by atoms with Gasteiger partial charge in [0.2, 0.25) is 0 Å². The highest BCUT2D eigenvalue weighted by molar-refractivity contribution is 5.94. The van der Waals surface area contributed by atoms with Gasteiger partial charge in [-0.15, -0.1) is 0 Å². The molecule has 1 amide bonds. The molecule has 0 radical (unpaired) electrons. The molecule has 150 valence electrons. The Morgan fingerprint density at radius 2 is 2.03 bits per heavy atom. The summed E-state index contributed by atoms with van der Waals surface area (Å²) in [5.41, 5.74) is 3.45. The van der Waals surface area contributed by atoms with Crippen molar-refractivity contribution in [3.8, 4) is 11.6 Å². The van der Waals surface area contributed by atoms with Crippen LogP contribution in [-0.2, 0) is 6.42 Å². The maximum Gasteiger partial charge on any atom is 0.256 e. The normalized spacial score (nSPS) is 15.6. The van der Waals surface area contributed by atoms with E-state index in [4.69, 9.17) is 4.74 Å². The Morgan fingerprint density at radius 3 is 2.73 bits per heavy atom. The third-order valence-electron chi connectivity index (χ3n) is 5.35. The van der Waals surface area contributed by atoms with E-state index >= 15 is 0 Å². The number of H-pyrrole nitrogens is 1. The van der Waals surface area contributed by atoms with Crippen molar-refractivity contribution in [3.63, 3.8) is 0 Å². The number of aromatic amines is 1. The number of methoxy groups -OCH3 is 1. The van der Waals surface area contributed by atoms with Crippen LogP contribution in [0.2, 0.25) is 0 Å². The number of rotatable bonds is 4. The van der Waals surface area contributed by atoms with Gasteiger partial charge in [-0.25, -0.2) is 14.6 Å². The van der Waals surface area contributed by atoms with Gasteiger partial charge in [0.25, 0.3) is 5.91 Å². The number of hydrogen-bond acceptors (Lipinski definition) is 5. The van der Waals surface area contributed by atoms with Gasteiger partial charge in [-0.2, -0.15) is 5.10 Å². The third-order valence-corrected chi connectivity index (χ3v) is 5.35. The largest absolute Gasteiger partial charge is 0.497 e. The van der Waals surface area contributed by atoms with Crippen LogP contribution in [0.25, 0.3) is 5.82 Å². The average Bonchev–Trinajstić information content (AvgIpc) is 3.50. The summed E-state index contributed by atoms with van der Waals surface area (Å²) >= 11 is 0. The zero-order chi connectivity index (χ0) is 20.5. The quantitative estimate of drug-likeness (QED) is 0.569. The van der Waals surface area contributed by atoms with Crippen molar-refractivity contribution in [2.75, 3.05) is 13.7 Å². The molecule has 0 saturated heterocycles. The SMILES string of the molecule is COc1ccc(C2c3nc[nH]c3CCN2C(=O)c2ccc(-n3cccn3)nc2)cc1. The lowest BCUT2D eigenvalue weighted by atomic mass is 9.95. The fourth-order valence-electron chi connectivity index (χ4n) is 3.84. The Kier molecular flexibility index (Phi) is 4.51. The number of nitrogens with zero attached hydrogens (tertiary/aromatic N) is 5. The van der Waals surface area contributed by atoms with Crippen LogP contribution in [-0.4, -0.2) is 49.2 Å². The van der Waals surface area contributed by atoms with Crippen molar-refractivity contribution in [1.29, 1.82) is 0 Å². The molecule has 1 aliphatic rings. The van der Waals surface area contributed by atoms with Gasteiger partial charge >= 0.3 is 0 Å². The molecule has 1 aromatic carbocycles. The molecule has 1 aliphatic heterocycles. The van der Waals surface area contributed by atoms with Crippen molar-refractivity contribution < 1.29 is 9.53 Å². The van der Waals surface area contributed by atoms with Crippen LogP contribution in [0.15, 0.2) is 67.4 Å². The number of ether oxygens (including phenoxy) is 1. The molecule has 0 fully saturated rings. The van der Waals surface area contributed by atoms with E-state index < -0.39 is 0 Å². The molecule has 0 bridgehead atoms. The van der Waals surface area contributed by atoms with Gasteiger partial charge in [0.05, 0.1) is 24.7 Å². The van der Waals surface area contributed by atoms with Gasteiger partial charge in [-0.3, -0.25) is 4.79 Å². The zero-order valence-corrected chi connectivity index (χ0v) is 16.4. The second kappa shape index (κ2) is 7.47. The van der Waals surface area contributed by atoms with Crippen LogP contribution in [0, 0.1) is 0 Å². The van der Waals surface area contributed by atoms with Gasteiger partial charge in [-0.1, -0.05) is 12.1 Å². The van der Waals surface area contributed by atoms with E-state index in [1.54, 1.807) is 42.6 Å². The summed E-state index contributed by atoms with van der Waals surface area (Å²) in [4.78, 5) is 27.4. The van der Waals surface area contributed by atoms with Crippen molar-refractivity contribution >= 4 is 5.91 Å². The third kappa shape index (κ3) is 3.12. The maximum atomic E-state index is 13.4. The minimum absolute atomic E-state index is 0.0796. The summed E-state index contributed by atoms with van der Waals surface area (Å²) in [5.74, 6) is 1.36. The number of carbonyl (C=O) groups is 1. The Labute approximate surface area is 173 Å². The van der Waals surface area contributed by atoms with Gasteiger partial charge in [-0.05, 0) is 35.9 Å². The number of amides is 1. The molecular formula is C22H20N6O2. The summed E-state index contributed by atoms with van der Waals surface area (Å²) in [5, 5.41) is 4.17. The van der Waals surface area contributed by atoms with Crippen molar-refractivity contribution in [3.05, 3.63) is 89.9 Å². The second-order valence-corrected chi connectivity index (χ2v) is 7.05. The summed E-state index contributed by atoms with van der Waals surface area (Å²) in [6.07, 6.45) is 7.52. The standard InChI is InChI=1S/C22H20N6O2/c1-30-17-6-3-15(4-7-17)21-20-18(24-14-25-20)9-12-27(21)22(29)16-5-8-19(23-13-16)28-11-2-10-26-28/h2-8,10-11,13-14,21H,9,12H2,1H3,(H,24,25). The Morgan fingerprint density at radius 1 is 1.17 bits per heavy atom. The molecule has 5 rings (SSSR count). The van der Waals surface area contributed by atoms with Crippen LogP contribution < -0.4 is 4.74 Å². The first-order chi connectivity index (χ1) is 14.7. The second-order valence-electron chi connectivity index (χ2n) is 7.05. The molecule has 30 heavy (non-hydrogen) atoms. The Bertz CT molecular complexity index is 1150. The lowest BCUT2D eigenvalue weighted by molar-refractivity contribution is 0.0690. The summed E-state index contributed by atoms with van der Waals surface area (Å²) in [6.45, 7) is 0.589. The van der Waals surface area contributed by atoms with Crippen LogP contribution in [0.3, 0.4) is 0 Å². The van der Waals surface area contributed by atoms with Crippen molar-refractivity contribution in [2.45, 2.75) is 12.5 Å². The number of pyridine rings is 1. The van der Waals surface area contributed by atoms with E-state index in [9.17, 15) is 4.79 Å². The number of benzene rings is 1. The van der Waals surface area contributed by atoms with Gasteiger partial charge in [0.15, 0.2) is 5.82 Å². The smallest absolute Gasteiger partial charge is 0.256 e. The number of carbonyl (C=O) groups excluding carboxylic acids is 1. The van der Waals surface area contributed by atoms with Gasteiger partial charge in [0.1, 0.15) is 11.8 Å². The molecule has 1 N–H and O–H groups in total. The lowest BCUT2D eigenvalue weighted by Gasteiger charge is -2.35. The first kappa shape index (κ1) is 18.1. The van der Waals surface area contributed by atoms with E-state index in [2.05, 4.69) is 20.1 Å². The summed E-state index contributed by atoms with van der Waals surface area (Å²) < 4.78 is 6.94. The minimum atomic E-state index is -0.274. The number of imidazole rings is 1. The highest BCUT2D eigenvalue weighted by Gasteiger charge is 2.34. The Hall–Kier alpha value is -3.94. The number of fused-ring (bicyclic) bond motifs is 1. The predicted molar refractivity (Wildman–Crippen MR) is 110 cm³/mol. The number of aromatic nitrogens is 5. The molecule has 8 nitrogen and oxygen atoms in total. The number of hydrogen-bond donors (Lipinski definition) is 1. The van der Waals surface area contributed by atoms with Gasteiger partial charge < -0.3 is 14.6 Å². The van der Waals surface area contributed by atoms with Crippen LogP contribution in [0.1, 0.15) is 33.4 Å². The minimum Gasteiger partial charge on any atom is -0.497 e. The molecule has 4 heterocycles. The molecular weight excluding hydrogens is 380 g/mol. The van der Waals surface area contributed by atoms with Crippen LogP contribution in [0.4, 0.5) is 0 Å². The van der Waals surface area contributed by atoms with Gasteiger partial charge in [0, 0.05) is 37.3 Å². The van der Waals surface area contributed by atoms with Crippen molar-refractivity contribution in [1.82, 2.24) is 29.6 Å². The van der Waals surface area contributed by atoms with E-state index in [1.165, 1.54) is 0 Å². The molecule has 1 unspecified atom stereocenters. The fourth-order valence-corrected chi connectivity index (χ4v) is 3.84. The molecule has 3 aromatic heterocycles. The van der Waals surface area contributed by atoms with Crippen molar-refractivity contribution in [2.24, 2.45) is 0 Å². The highest BCUT2D eigenvalue weighted by atomic mass is 16.5. The first-order valence-electron chi connectivity index (χ1n) is 9.68. The topological polar surface area (TPSA) is 88.9 Å². The molecule has 0 spiro atoms. The molecule has 0 aliphatic carbocycles. The molecule has 4 aromatic rings. The summed E-state index contributed by atoms with van der Waals surface area (Å²) in [6, 6.07) is 12.9. The Balaban J connectivity index is 1.49. The lowest BCUT2D eigenvalue weighted by Crippen LogP contribution is -2.40. The molecule has 8 heteroatoms. The maximum absolute atomic E-state index is 13.4. The van der Waals surface area contributed by atoms with E-state index in [1.807, 2.05) is 41.4 Å². The first-order valence-corrected chi connectivity index (χ1v) is 9.68. The predicted octanol–water partition coefficient (Wildman–Crippen LogP) is 2.79. The van der Waals surface area contributed by atoms with E-state index in [-0.39, 0.29) is 11.9 Å². The fraction of sp³-hybridized carbons (Fsp3) is 0.182. The molecule has 1 atom stereocenters.